The monoisotopic (exact) mass is 276 g/mol. The first-order valence-corrected chi connectivity index (χ1v) is 4.80. The molecule has 0 aliphatic heterocycles. The average molecular weight is 277 g/mol. The Morgan fingerprint density at radius 1 is 1.60 bits per heavy atom. The second kappa shape index (κ2) is 4.56. The van der Waals surface area contributed by atoms with Gasteiger partial charge in [-0.3, -0.25) is 10.1 Å². The fraction of sp³-hybridized carbons (Fsp3) is 0.250. The summed E-state index contributed by atoms with van der Waals surface area (Å²) in [5, 5.41) is 28.7. The van der Waals surface area contributed by atoms with Gasteiger partial charge in [0.25, 0.3) is 0 Å². The minimum Gasteiger partial charge on any atom is -0.501 e. The molecule has 1 aromatic rings. The SMILES string of the molecule is NC(CO)c1cc(Br)c(O)c([N+](=O)[O-])c1. The summed E-state index contributed by atoms with van der Waals surface area (Å²) < 4.78 is 0.176. The van der Waals surface area contributed by atoms with Gasteiger partial charge in [-0.1, -0.05) is 0 Å². The predicted octanol–water partition coefficient (Wildman–Crippen LogP) is 1.05. The van der Waals surface area contributed by atoms with Gasteiger partial charge >= 0.3 is 5.69 Å². The first-order valence-electron chi connectivity index (χ1n) is 4.00. The summed E-state index contributed by atoms with van der Waals surface area (Å²) >= 11 is 2.97. The Hall–Kier alpha value is -1.18. The molecule has 1 rings (SSSR count). The van der Waals surface area contributed by atoms with Gasteiger partial charge in [-0.05, 0) is 27.6 Å². The molecule has 0 aliphatic rings. The lowest BCUT2D eigenvalue weighted by Gasteiger charge is -2.09. The van der Waals surface area contributed by atoms with Crippen LogP contribution in [0.5, 0.6) is 5.75 Å². The molecule has 0 aliphatic carbocycles. The zero-order valence-electron chi connectivity index (χ0n) is 7.55. The third kappa shape index (κ3) is 2.44. The Morgan fingerprint density at radius 2 is 2.20 bits per heavy atom. The number of phenols is 1. The summed E-state index contributed by atoms with van der Waals surface area (Å²) in [5.74, 6) is -0.450. The summed E-state index contributed by atoms with van der Waals surface area (Å²) in [5.41, 5.74) is 5.45. The van der Waals surface area contributed by atoms with Crippen molar-refractivity contribution in [2.75, 3.05) is 6.61 Å². The molecule has 4 N–H and O–H groups in total. The van der Waals surface area contributed by atoms with Crippen molar-refractivity contribution in [2.24, 2.45) is 5.73 Å². The predicted molar refractivity (Wildman–Crippen MR) is 56.5 cm³/mol. The average Bonchev–Trinajstić information content (AvgIpc) is 2.20. The van der Waals surface area contributed by atoms with E-state index in [1.54, 1.807) is 0 Å². The van der Waals surface area contributed by atoms with Gasteiger partial charge < -0.3 is 15.9 Å². The van der Waals surface area contributed by atoms with Gasteiger partial charge in [0.2, 0.25) is 5.75 Å². The van der Waals surface area contributed by atoms with Gasteiger partial charge in [0.15, 0.2) is 0 Å². The number of aliphatic hydroxyl groups excluding tert-OH is 1. The van der Waals surface area contributed by atoms with Crippen molar-refractivity contribution >= 4 is 21.6 Å². The van der Waals surface area contributed by atoms with E-state index >= 15 is 0 Å². The molecule has 0 bridgehead atoms. The molecule has 0 aromatic heterocycles. The number of benzene rings is 1. The first kappa shape index (κ1) is 11.9. The van der Waals surface area contributed by atoms with E-state index in [0.29, 0.717) is 5.56 Å². The van der Waals surface area contributed by atoms with Crippen LogP contribution >= 0.6 is 15.9 Å². The molecule has 0 heterocycles. The number of rotatable bonds is 3. The maximum atomic E-state index is 10.6. The second-order valence-electron chi connectivity index (χ2n) is 2.92. The minimum absolute atomic E-state index is 0.176. The smallest absolute Gasteiger partial charge is 0.312 e. The van der Waals surface area contributed by atoms with E-state index in [4.69, 9.17) is 10.8 Å². The van der Waals surface area contributed by atoms with Gasteiger partial charge in [0, 0.05) is 6.07 Å². The topological polar surface area (TPSA) is 110 Å². The van der Waals surface area contributed by atoms with Gasteiger partial charge in [-0.15, -0.1) is 0 Å². The fourth-order valence-corrected chi connectivity index (χ4v) is 1.53. The molecule has 0 radical (unpaired) electrons. The molecule has 0 spiro atoms. The summed E-state index contributed by atoms with van der Waals surface area (Å²) in [6, 6.07) is 1.87. The number of hydrogen-bond donors (Lipinski definition) is 3. The van der Waals surface area contributed by atoms with Crippen molar-refractivity contribution in [3.8, 4) is 5.75 Å². The van der Waals surface area contributed by atoms with E-state index in [1.807, 2.05) is 0 Å². The fourth-order valence-electron chi connectivity index (χ4n) is 1.06. The van der Waals surface area contributed by atoms with Crippen LogP contribution < -0.4 is 5.73 Å². The van der Waals surface area contributed by atoms with E-state index < -0.39 is 22.4 Å². The summed E-state index contributed by atoms with van der Waals surface area (Å²) in [4.78, 5) is 9.84. The van der Waals surface area contributed by atoms with Crippen LogP contribution in [-0.4, -0.2) is 21.7 Å². The lowest BCUT2D eigenvalue weighted by atomic mass is 10.1. The molecule has 0 saturated heterocycles. The van der Waals surface area contributed by atoms with Crippen molar-refractivity contribution in [3.05, 3.63) is 32.3 Å². The molecule has 82 valence electrons. The zero-order valence-corrected chi connectivity index (χ0v) is 9.14. The number of halogens is 1. The van der Waals surface area contributed by atoms with Crippen molar-refractivity contribution in [2.45, 2.75) is 6.04 Å². The largest absolute Gasteiger partial charge is 0.501 e. The Labute approximate surface area is 93.6 Å². The van der Waals surface area contributed by atoms with E-state index in [0.717, 1.165) is 6.07 Å². The second-order valence-corrected chi connectivity index (χ2v) is 3.77. The maximum absolute atomic E-state index is 10.6. The van der Waals surface area contributed by atoms with E-state index in [9.17, 15) is 15.2 Å². The number of nitrogens with two attached hydrogens (primary N) is 1. The number of nitro benzene ring substituents is 1. The molecule has 0 saturated carbocycles. The quantitative estimate of drug-likeness (QED) is 0.565. The molecule has 0 amide bonds. The zero-order chi connectivity index (χ0) is 11.6. The van der Waals surface area contributed by atoms with Crippen LogP contribution in [0.25, 0.3) is 0 Å². The van der Waals surface area contributed by atoms with Crippen LogP contribution in [-0.2, 0) is 0 Å². The molecule has 0 fully saturated rings. The van der Waals surface area contributed by atoms with Crippen LogP contribution in [0.3, 0.4) is 0 Å². The number of hydrogen-bond acceptors (Lipinski definition) is 5. The highest BCUT2D eigenvalue weighted by molar-refractivity contribution is 9.10. The Morgan fingerprint density at radius 3 is 2.67 bits per heavy atom. The van der Waals surface area contributed by atoms with Gasteiger partial charge in [-0.25, -0.2) is 0 Å². The van der Waals surface area contributed by atoms with Crippen LogP contribution in [0.1, 0.15) is 11.6 Å². The van der Waals surface area contributed by atoms with Gasteiger partial charge in [0.1, 0.15) is 0 Å². The van der Waals surface area contributed by atoms with E-state index in [1.165, 1.54) is 6.07 Å². The first-order chi connectivity index (χ1) is 6.97. The molecule has 6 nitrogen and oxygen atoms in total. The number of nitro groups is 1. The lowest BCUT2D eigenvalue weighted by molar-refractivity contribution is -0.386. The minimum atomic E-state index is -0.715. The molecule has 1 aromatic carbocycles. The molecule has 15 heavy (non-hydrogen) atoms. The molecular formula is C8H9BrN2O4. The van der Waals surface area contributed by atoms with E-state index in [-0.39, 0.29) is 11.1 Å². The molecule has 1 atom stereocenters. The normalized spacial score (nSPS) is 12.5. The van der Waals surface area contributed by atoms with Gasteiger partial charge in [0.05, 0.1) is 22.0 Å². The lowest BCUT2D eigenvalue weighted by Crippen LogP contribution is -2.14. The highest BCUT2D eigenvalue weighted by Crippen LogP contribution is 2.36. The third-order valence-electron chi connectivity index (χ3n) is 1.89. The van der Waals surface area contributed by atoms with Crippen molar-refractivity contribution in [1.82, 2.24) is 0 Å². The Bertz CT molecular complexity index is 396. The number of nitrogens with zero attached hydrogens (tertiary/aromatic N) is 1. The van der Waals surface area contributed by atoms with Crippen molar-refractivity contribution in [1.29, 1.82) is 0 Å². The summed E-state index contributed by atoms with van der Waals surface area (Å²) in [6.07, 6.45) is 0. The maximum Gasteiger partial charge on any atom is 0.312 e. The summed E-state index contributed by atoms with van der Waals surface area (Å²) in [6.45, 7) is -0.325. The third-order valence-corrected chi connectivity index (χ3v) is 2.49. The van der Waals surface area contributed by atoms with Crippen LogP contribution in [0.15, 0.2) is 16.6 Å². The van der Waals surface area contributed by atoms with Crippen LogP contribution in [0, 0.1) is 10.1 Å². The van der Waals surface area contributed by atoms with Crippen molar-refractivity contribution < 1.29 is 15.1 Å². The Kier molecular flexibility index (Phi) is 3.61. The number of aromatic hydroxyl groups is 1. The van der Waals surface area contributed by atoms with Crippen LogP contribution in [0.4, 0.5) is 5.69 Å². The number of aliphatic hydroxyl groups is 1. The molecule has 1 unspecified atom stereocenters. The van der Waals surface area contributed by atoms with Gasteiger partial charge in [-0.2, -0.15) is 0 Å². The van der Waals surface area contributed by atoms with E-state index in [2.05, 4.69) is 15.9 Å². The molecular weight excluding hydrogens is 268 g/mol. The summed E-state index contributed by atoms with van der Waals surface area (Å²) in [7, 11) is 0. The van der Waals surface area contributed by atoms with Crippen molar-refractivity contribution in [3.63, 3.8) is 0 Å². The van der Waals surface area contributed by atoms with Crippen LogP contribution in [0.2, 0.25) is 0 Å². The highest BCUT2D eigenvalue weighted by atomic mass is 79.9. The Balaban J connectivity index is 3.29. The standard InChI is InChI=1S/C8H9BrN2O4/c9-5-1-4(6(10)3-12)2-7(8(5)13)11(14)15/h1-2,6,12-13H,3,10H2. The molecule has 7 heteroatoms. The number of phenolic OH excluding ortho intramolecular Hbond substituents is 1. The highest BCUT2D eigenvalue weighted by Gasteiger charge is 2.19.